The number of benzene rings is 8. The molecule has 10 aromatic rings. The second-order valence-electron chi connectivity index (χ2n) is 24.7. The Balaban J connectivity index is 1.16. The number of rotatable bonds is 0. The van der Waals surface area contributed by atoms with E-state index in [4.69, 9.17) is 0 Å². The van der Waals surface area contributed by atoms with Gasteiger partial charge in [0.25, 0.3) is 0 Å². The van der Waals surface area contributed by atoms with Gasteiger partial charge in [0.1, 0.15) is 0 Å². The standard InChI is InChI=1S/C73H52N4/c1-29-13-21-41-53-42(22-14-30(2)49(29)53)58-57(41)65-37(9)67-59-43-23-15-31(3)50-33(5)17-25-45(54(43)50)61(59)69-39(11)71-63-47-27-19-35(7)52-36(8)20-28-48(56(47)52)64(63)72-40(12)70-62-46-26-18-34(6)51-32(4)16-24-44(55(46)51)60(62)68-38(10)66(58)74(65)73(75(67)69,76(68)70)77(71)72/h13-28H,1-12H3/q+2. The van der Waals surface area contributed by atoms with Crippen LogP contribution in [0.25, 0.3) is 131 Å². The summed E-state index contributed by atoms with van der Waals surface area (Å²) in [5.74, 6) is -0.932. The van der Waals surface area contributed by atoms with Crippen LogP contribution in [-0.2, 0) is 5.91 Å². The molecule has 10 aliphatic rings. The highest BCUT2D eigenvalue weighted by Gasteiger charge is 2.71. The molecule has 0 saturated carbocycles. The molecule has 0 radical (unpaired) electrons. The van der Waals surface area contributed by atoms with E-state index >= 15 is 0 Å². The van der Waals surface area contributed by atoms with Crippen molar-refractivity contribution in [1.82, 2.24) is 9.13 Å². The minimum absolute atomic E-state index is 0.932. The Morgan fingerprint density at radius 1 is 0.286 bits per heavy atom. The molecule has 0 bridgehead atoms. The molecule has 1 spiro atoms. The highest BCUT2D eigenvalue weighted by atomic mass is 15.6. The third-order valence-electron chi connectivity index (χ3n) is 21.2. The van der Waals surface area contributed by atoms with Crippen molar-refractivity contribution in [3.63, 3.8) is 0 Å². The van der Waals surface area contributed by atoms with Gasteiger partial charge in [-0.15, -0.1) is 0 Å². The first-order valence-electron chi connectivity index (χ1n) is 28.0. The van der Waals surface area contributed by atoms with Crippen LogP contribution in [0.4, 0.5) is 0 Å². The maximum atomic E-state index is 2.93. The number of aromatic nitrogens is 4. The Morgan fingerprint density at radius 3 is 0.935 bits per heavy atom. The predicted molar refractivity (Wildman–Crippen MR) is 313 cm³/mol. The van der Waals surface area contributed by atoms with Crippen LogP contribution in [0, 0.1) is 76.3 Å². The van der Waals surface area contributed by atoms with Crippen LogP contribution in [0.1, 0.15) is 95.0 Å². The summed E-state index contributed by atoms with van der Waals surface area (Å²) in [6.45, 7) is 28.5. The van der Waals surface area contributed by atoms with Gasteiger partial charge in [0.05, 0.1) is 43.0 Å². The van der Waals surface area contributed by atoms with Gasteiger partial charge in [0.2, 0.25) is 22.1 Å². The lowest BCUT2D eigenvalue weighted by Crippen LogP contribution is -2.94. The van der Waals surface area contributed by atoms with Crippen LogP contribution in [0.2, 0.25) is 0 Å². The van der Waals surface area contributed by atoms with Gasteiger partial charge in [-0.25, -0.2) is 0 Å². The van der Waals surface area contributed by atoms with Gasteiger partial charge >= 0.3 is 5.91 Å². The molecular weight excluding hydrogens is 933 g/mol. The summed E-state index contributed by atoms with van der Waals surface area (Å²) in [5.41, 5.74) is 32.6. The smallest absolute Gasteiger partial charge is 0.197 e. The minimum atomic E-state index is -0.932. The summed E-state index contributed by atoms with van der Waals surface area (Å²) < 4.78 is 11.7. The predicted octanol–water partition coefficient (Wildman–Crippen LogP) is 12.7. The second-order valence-corrected chi connectivity index (χ2v) is 24.7. The zero-order valence-electron chi connectivity index (χ0n) is 45.5. The quantitative estimate of drug-likeness (QED) is 0.135. The van der Waals surface area contributed by atoms with E-state index in [0.29, 0.717) is 0 Å². The lowest BCUT2D eigenvalue weighted by molar-refractivity contribution is -1.02. The summed E-state index contributed by atoms with van der Waals surface area (Å²) in [7, 11) is 0. The highest BCUT2D eigenvalue weighted by molar-refractivity contribution is 6.22. The Kier molecular flexibility index (Phi) is 6.34. The van der Waals surface area contributed by atoms with E-state index in [0.717, 1.165) is 0 Å². The average molecular weight is 985 g/mol. The van der Waals surface area contributed by atoms with Gasteiger partial charge in [0, 0.05) is 44.5 Å². The lowest BCUT2D eigenvalue weighted by Gasteiger charge is -2.38. The maximum absolute atomic E-state index is 2.93. The first kappa shape index (κ1) is 40.7. The molecule has 0 N–H and O–H groups in total. The molecule has 0 saturated heterocycles. The van der Waals surface area contributed by atoms with Crippen molar-refractivity contribution in [3.05, 3.63) is 207 Å². The topological polar surface area (TPSA) is 17.6 Å². The van der Waals surface area contributed by atoms with Crippen molar-refractivity contribution in [3.8, 4) is 44.5 Å². The first-order chi connectivity index (χ1) is 37.3. The molecule has 362 valence electrons. The molecule has 0 atom stereocenters. The first-order valence-corrected chi connectivity index (χ1v) is 28.0. The Labute approximate surface area is 443 Å². The molecular formula is C73H52N4+2. The van der Waals surface area contributed by atoms with E-state index in [-0.39, 0.29) is 0 Å². The van der Waals surface area contributed by atoms with Crippen molar-refractivity contribution in [1.29, 1.82) is 0 Å². The fourth-order valence-corrected chi connectivity index (χ4v) is 18.6. The largest absolute Gasteiger partial charge is 0.554 e. The maximum Gasteiger partial charge on any atom is 0.554 e. The van der Waals surface area contributed by atoms with Crippen molar-refractivity contribution in [2.75, 3.05) is 0 Å². The molecule has 4 heteroatoms. The summed E-state index contributed by atoms with van der Waals surface area (Å²) in [4.78, 5) is 0. The summed E-state index contributed by atoms with van der Waals surface area (Å²) in [6.07, 6.45) is 0. The third kappa shape index (κ3) is 3.69. The van der Waals surface area contributed by atoms with E-state index in [9.17, 15) is 0 Å². The van der Waals surface area contributed by atoms with E-state index in [1.54, 1.807) is 0 Å². The van der Waals surface area contributed by atoms with Crippen LogP contribution in [0.15, 0.2) is 97.1 Å². The van der Waals surface area contributed by atoms with Crippen LogP contribution >= 0.6 is 0 Å². The number of aryl methyl sites for hydroxylation is 8. The van der Waals surface area contributed by atoms with Crippen molar-refractivity contribution < 1.29 is 9.13 Å². The summed E-state index contributed by atoms with van der Waals surface area (Å²) >= 11 is 0. The molecule has 4 aliphatic carbocycles. The van der Waals surface area contributed by atoms with Gasteiger partial charge in [0.15, 0.2) is 0 Å². The van der Waals surface area contributed by atoms with Crippen molar-refractivity contribution in [2.24, 2.45) is 0 Å². The second kappa shape index (κ2) is 12.0. The van der Waals surface area contributed by atoms with Crippen molar-refractivity contribution >= 4 is 86.9 Å². The zero-order valence-corrected chi connectivity index (χ0v) is 45.5. The molecule has 8 aromatic carbocycles. The zero-order chi connectivity index (χ0) is 51.5. The third-order valence-corrected chi connectivity index (χ3v) is 21.2. The summed E-state index contributed by atoms with van der Waals surface area (Å²) in [6, 6.07) is 39.1. The minimum Gasteiger partial charge on any atom is -0.197 e. The fourth-order valence-electron chi connectivity index (χ4n) is 18.6. The monoisotopic (exact) mass is 984 g/mol. The molecule has 0 fully saturated rings. The fraction of sp³-hybridized carbons (Fsp3) is 0.178. The van der Waals surface area contributed by atoms with E-state index in [2.05, 4.69) is 198 Å². The lowest BCUT2D eigenvalue weighted by atomic mass is 9.93. The van der Waals surface area contributed by atoms with Crippen LogP contribution < -0.4 is 30.5 Å². The van der Waals surface area contributed by atoms with Crippen LogP contribution in [0.3, 0.4) is 0 Å². The molecule has 4 nitrogen and oxygen atoms in total. The van der Waals surface area contributed by atoms with E-state index < -0.39 is 5.91 Å². The summed E-state index contributed by atoms with van der Waals surface area (Å²) in [5, 5.41) is 27.7. The van der Waals surface area contributed by atoms with Crippen molar-refractivity contribution in [2.45, 2.75) is 89.0 Å². The number of fused-ring (bicyclic) bond motifs is 18. The highest BCUT2D eigenvalue weighted by Crippen LogP contribution is 2.58. The number of nitrogens with zero attached hydrogens (tertiary/aromatic N) is 4. The molecule has 0 amide bonds. The van der Waals surface area contributed by atoms with Gasteiger partial charge in [-0.1, -0.05) is 106 Å². The molecule has 8 heterocycles. The van der Waals surface area contributed by atoms with E-state index in [1.807, 2.05) is 0 Å². The molecule has 77 heavy (non-hydrogen) atoms. The molecule has 2 aromatic heterocycles. The molecule has 6 aliphatic heterocycles. The molecule has 20 rings (SSSR count). The van der Waals surface area contributed by atoms with Crippen LogP contribution in [-0.4, -0.2) is 9.13 Å². The van der Waals surface area contributed by atoms with Gasteiger partial charge < -0.3 is 0 Å². The van der Waals surface area contributed by atoms with Gasteiger partial charge in [-0.3, -0.25) is 0 Å². The number of hydrogen-bond donors (Lipinski definition) is 0. The van der Waals surface area contributed by atoms with E-state index in [1.165, 1.54) is 241 Å². The Morgan fingerprint density at radius 2 is 0.584 bits per heavy atom. The average Bonchev–Trinajstić information content (AvgIpc) is 4.42. The Bertz CT molecular complexity index is 5570. The normalized spacial score (nSPS) is 15.5. The van der Waals surface area contributed by atoms with Crippen LogP contribution in [0.5, 0.6) is 0 Å². The number of hydrogen-bond acceptors (Lipinski definition) is 0. The molecule has 0 unspecified atom stereocenters. The van der Waals surface area contributed by atoms with Gasteiger partial charge in [-0.2, -0.15) is 9.13 Å². The Hall–Kier alpha value is -8.60. The SMILES string of the molecule is CC1=c2c3c(c4n2C25n6c(c7c(c6C(C)=c6c8c9ccc(C)c%10c(C)ccc(c=8c([n+]62)C=4C)c%109)-c2ccc(C)c4c(C)ccc-7c24)C(C)=c2c4c6ccc(C)c7c(C)ccc(c=4c1[n+]25)c76)-c1ccc(C)c2c(C)ccc-3c12. The van der Waals surface area contributed by atoms with Gasteiger partial charge in [-0.05, 0) is 214 Å².